The molecule has 2 rings (SSSR count). The lowest BCUT2D eigenvalue weighted by atomic mass is 9.80. The summed E-state index contributed by atoms with van der Waals surface area (Å²) in [6, 6.07) is 14.0. The third-order valence-electron chi connectivity index (χ3n) is 5.61. The Balaban J connectivity index is 2.14. The summed E-state index contributed by atoms with van der Waals surface area (Å²) in [6.07, 6.45) is 4.12. The Hall–Kier alpha value is -2.48. The second-order valence-corrected chi connectivity index (χ2v) is 9.72. The predicted octanol–water partition coefficient (Wildman–Crippen LogP) is 4.55. The first-order chi connectivity index (χ1) is 16.1. The van der Waals surface area contributed by atoms with E-state index in [0.717, 1.165) is 34.6 Å². The zero-order chi connectivity index (χ0) is 25.3. The average Bonchev–Trinajstić information content (AvgIpc) is 2.78. The number of hydrogen-bond acceptors (Lipinski definition) is 6. The van der Waals surface area contributed by atoms with E-state index in [4.69, 9.17) is 0 Å². The minimum atomic E-state index is -0.479. The minimum absolute atomic E-state index is 0.131. The fourth-order valence-corrected chi connectivity index (χ4v) is 4.00. The molecule has 2 atom stereocenters. The molecule has 0 fully saturated rings. The second kappa shape index (κ2) is 12.8. The van der Waals surface area contributed by atoms with E-state index < -0.39 is 12.2 Å². The fraction of sp³-hybridized carbons (Fsp3) is 0.444. The van der Waals surface area contributed by atoms with Gasteiger partial charge < -0.3 is 25.7 Å². The molecule has 34 heavy (non-hydrogen) atoms. The number of carbonyl (C=O) groups excluding carboxylic acids is 1. The van der Waals surface area contributed by atoms with Gasteiger partial charge in [-0.2, -0.15) is 12.6 Å². The highest BCUT2D eigenvalue weighted by Gasteiger charge is 2.23. The number of aliphatic hydroxyl groups excluding tert-OH is 2. The van der Waals surface area contributed by atoms with E-state index in [9.17, 15) is 15.0 Å². The van der Waals surface area contributed by atoms with Gasteiger partial charge in [0.2, 0.25) is 5.91 Å². The van der Waals surface area contributed by atoms with Crippen LogP contribution >= 0.6 is 12.6 Å². The van der Waals surface area contributed by atoms with Crippen molar-refractivity contribution in [1.82, 2.24) is 0 Å². The molecule has 6 nitrogen and oxygen atoms in total. The number of nitrogens with zero attached hydrogens (tertiary/aromatic N) is 1. The average molecular weight is 486 g/mol. The molecule has 2 aromatic rings. The number of nitrogens with one attached hydrogen (secondary N) is 2. The van der Waals surface area contributed by atoms with Crippen LogP contribution in [-0.2, 0) is 10.2 Å². The summed E-state index contributed by atoms with van der Waals surface area (Å²) in [6.45, 7) is 8.80. The quantitative estimate of drug-likeness (QED) is 0.285. The first-order valence-electron chi connectivity index (χ1n) is 11.7. The Kier molecular flexibility index (Phi) is 10.5. The molecule has 2 unspecified atom stereocenters. The van der Waals surface area contributed by atoms with Crippen molar-refractivity contribution < 1.29 is 15.0 Å². The van der Waals surface area contributed by atoms with Crippen LogP contribution in [0.25, 0.3) is 6.08 Å². The van der Waals surface area contributed by atoms with Gasteiger partial charge in [-0.05, 0) is 67.1 Å². The number of thiol groups is 1. The highest BCUT2D eigenvalue weighted by Crippen LogP contribution is 2.35. The number of anilines is 3. The van der Waals surface area contributed by atoms with Gasteiger partial charge in [0, 0.05) is 37.2 Å². The number of rotatable bonds is 12. The number of carbonyl (C=O) groups is 1. The van der Waals surface area contributed by atoms with Crippen molar-refractivity contribution in [2.45, 2.75) is 51.7 Å². The van der Waals surface area contributed by atoms with Crippen LogP contribution in [0.15, 0.2) is 48.5 Å². The molecule has 2 aromatic carbocycles. The maximum absolute atomic E-state index is 11.8. The number of amides is 1. The molecule has 4 N–H and O–H groups in total. The Morgan fingerprint density at radius 3 is 2.24 bits per heavy atom. The Morgan fingerprint density at radius 1 is 1.09 bits per heavy atom. The maximum Gasteiger partial charge on any atom is 0.234 e. The predicted molar refractivity (Wildman–Crippen MR) is 147 cm³/mol. The van der Waals surface area contributed by atoms with Crippen molar-refractivity contribution in [3.05, 3.63) is 59.7 Å². The first kappa shape index (κ1) is 27.8. The molecule has 0 saturated carbocycles. The summed E-state index contributed by atoms with van der Waals surface area (Å²) in [5.41, 5.74) is 4.80. The van der Waals surface area contributed by atoms with Crippen LogP contribution in [0.2, 0.25) is 0 Å². The molecule has 0 saturated heterocycles. The maximum atomic E-state index is 11.8. The summed E-state index contributed by atoms with van der Waals surface area (Å²) in [4.78, 5) is 13.7. The first-order valence-corrected chi connectivity index (χ1v) is 12.3. The summed E-state index contributed by atoms with van der Waals surface area (Å²) in [5.74, 6) is 0.0113. The molecule has 0 spiro atoms. The summed E-state index contributed by atoms with van der Waals surface area (Å²) < 4.78 is 0. The van der Waals surface area contributed by atoms with Gasteiger partial charge in [0.15, 0.2) is 0 Å². The molecule has 0 aromatic heterocycles. The van der Waals surface area contributed by atoms with Crippen LogP contribution in [0.3, 0.4) is 0 Å². The highest BCUT2D eigenvalue weighted by atomic mass is 32.1. The molecule has 0 heterocycles. The van der Waals surface area contributed by atoms with Crippen molar-refractivity contribution in [1.29, 1.82) is 0 Å². The van der Waals surface area contributed by atoms with Crippen LogP contribution < -0.4 is 15.5 Å². The smallest absolute Gasteiger partial charge is 0.234 e. The van der Waals surface area contributed by atoms with E-state index in [1.165, 1.54) is 0 Å². The van der Waals surface area contributed by atoms with Crippen molar-refractivity contribution >= 4 is 41.7 Å². The largest absolute Gasteiger partial charge is 0.392 e. The van der Waals surface area contributed by atoms with E-state index in [1.54, 1.807) is 13.8 Å². The molecule has 1 amide bonds. The van der Waals surface area contributed by atoms with Gasteiger partial charge in [-0.1, -0.05) is 38.1 Å². The van der Waals surface area contributed by atoms with Gasteiger partial charge in [-0.25, -0.2) is 0 Å². The van der Waals surface area contributed by atoms with Gasteiger partial charge in [0.25, 0.3) is 0 Å². The summed E-state index contributed by atoms with van der Waals surface area (Å²) >= 11 is 4.04. The van der Waals surface area contributed by atoms with Gasteiger partial charge in [-0.3, -0.25) is 4.79 Å². The topological polar surface area (TPSA) is 84.8 Å². The molecule has 0 radical (unpaired) electrons. The third-order valence-corrected chi connectivity index (χ3v) is 5.90. The van der Waals surface area contributed by atoms with Crippen molar-refractivity contribution in [2.24, 2.45) is 0 Å². The Labute approximate surface area is 209 Å². The molecule has 0 aliphatic carbocycles. The number of aliphatic hydroxyl groups is 2. The highest BCUT2D eigenvalue weighted by molar-refractivity contribution is 7.81. The Morgan fingerprint density at radius 2 is 1.71 bits per heavy atom. The van der Waals surface area contributed by atoms with Crippen LogP contribution in [0.1, 0.15) is 45.2 Å². The van der Waals surface area contributed by atoms with Gasteiger partial charge in [0.1, 0.15) is 0 Å². The molecular weight excluding hydrogens is 446 g/mol. The van der Waals surface area contributed by atoms with Crippen LogP contribution in [0.5, 0.6) is 0 Å². The molecular formula is C27H39N3O3S. The molecule has 0 aliphatic rings. The van der Waals surface area contributed by atoms with Crippen molar-refractivity contribution in [2.75, 3.05) is 41.4 Å². The van der Waals surface area contributed by atoms with E-state index in [-0.39, 0.29) is 17.1 Å². The van der Waals surface area contributed by atoms with E-state index in [2.05, 4.69) is 49.3 Å². The lowest BCUT2D eigenvalue weighted by Gasteiger charge is -2.28. The second-order valence-electron chi connectivity index (χ2n) is 9.40. The summed E-state index contributed by atoms with van der Waals surface area (Å²) in [5, 5.41) is 25.7. The zero-order valence-electron chi connectivity index (χ0n) is 20.9. The lowest BCUT2D eigenvalue weighted by molar-refractivity contribution is -0.113. The number of benzene rings is 2. The van der Waals surface area contributed by atoms with E-state index in [0.29, 0.717) is 13.1 Å². The summed E-state index contributed by atoms with van der Waals surface area (Å²) in [7, 11) is 1.90. The van der Waals surface area contributed by atoms with Crippen LogP contribution in [0.4, 0.5) is 17.1 Å². The fourth-order valence-electron chi connectivity index (χ4n) is 3.92. The molecule has 7 heteroatoms. The SMILES string of the molecule is CNc1ccc(NC(=O)CS)cc1C(C)(C)C/C=C/c1ccc(N(CC(C)O)CC(C)O)cc1. The van der Waals surface area contributed by atoms with Crippen molar-refractivity contribution in [3.63, 3.8) is 0 Å². The standard InChI is InChI=1S/C27H39N3O3S/c1-19(31)16-30(17-20(2)32)23-11-8-21(9-12-23)7-6-14-27(3,4)24-15-22(29-26(33)18-34)10-13-25(24)28-5/h6-13,15,19-20,28,31-32,34H,14,16-18H2,1-5H3,(H,29,33)/b7-6+. The zero-order valence-corrected chi connectivity index (χ0v) is 21.8. The van der Waals surface area contributed by atoms with Crippen LogP contribution in [-0.4, -0.2) is 54.2 Å². The van der Waals surface area contributed by atoms with Gasteiger partial charge in [-0.15, -0.1) is 0 Å². The molecule has 0 bridgehead atoms. The van der Waals surface area contributed by atoms with Gasteiger partial charge >= 0.3 is 0 Å². The lowest BCUT2D eigenvalue weighted by Crippen LogP contribution is -2.36. The van der Waals surface area contributed by atoms with Crippen LogP contribution in [0, 0.1) is 0 Å². The minimum Gasteiger partial charge on any atom is -0.392 e. The van der Waals surface area contributed by atoms with E-state index in [1.807, 2.05) is 54.4 Å². The number of allylic oxidation sites excluding steroid dienone is 1. The van der Waals surface area contributed by atoms with Gasteiger partial charge in [0.05, 0.1) is 18.0 Å². The Bertz CT molecular complexity index is 946. The normalized spacial score (nSPS) is 13.5. The third kappa shape index (κ3) is 8.38. The van der Waals surface area contributed by atoms with E-state index >= 15 is 0 Å². The molecule has 186 valence electrons. The van der Waals surface area contributed by atoms with Crippen molar-refractivity contribution in [3.8, 4) is 0 Å². The number of hydrogen-bond donors (Lipinski definition) is 5. The molecule has 0 aliphatic heterocycles. The monoisotopic (exact) mass is 485 g/mol.